The van der Waals surface area contributed by atoms with Crippen molar-refractivity contribution >= 4 is 17.0 Å². The van der Waals surface area contributed by atoms with Crippen molar-refractivity contribution in [1.82, 2.24) is 0 Å². The predicted molar refractivity (Wildman–Crippen MR) is 105 cm³/mol. The number of para-hydroxylation sites is 1. The van der Waals surface area contributed by atoms with Gasteiger partial charge in [0.05, 0.1) is 0 Å². The van der Waals surface area contributed by atoms with Crippen LogP contribution in [0.3, 0.4) is 0 Å². The Morgan fingerprint density at radius 1 is 1.04 bits per heavy atom. The first-order chi connectivity index (χ1) is 11.0. The highest BCUT2D eigenvalue weighted by Crippen LogP contribution is 2.23. The summed E-state index contributed by atoms with van der Waals surface area (Å²) in [4.78, 5) is 0. The smallest absolute Gasteiger partial charge is 0.153 e. The fourth-order valence-electron chi connectivity index (χ4n) is 2.64. The van der Waals surface area contributed by atoms with E-state index in [0.29, 0.717) is 0 Å². The molecule has 4 nitrogen and oxygen atoms in total. The van der Waals surface area contributed by atoms with Gasteiger partial charge in [-0.25, -0.2) is 0 Å². The molecule has 0 radical (unpaired) electrons. The molecule has 0 aromatic heterocycles. The van der Waals surface area contributed by atoms with Crippen LogP contribution in [0.2, 0.25) is 0 Å². The molecule has 0 aliphatic rings. The van der Waals surface area contributed by atoms with Crippen LogP contribution in [0.25, 0.3) is 0 Å². The normalized spacial score (nSPS) is 13.4. The maximum atomic E-state index is 9.02. The van der Waals surface area contributed by atoms with Crippen LogP contribution in [0.4, 0.5) is 0 Å². The van der Waals surface area contributed by atoms with E-state index in [1.165, 1.54) is 44.1 Å². The van der Waals surface area contributed by atoms with E-state index in [1.807, 2.05) is 25.1 Å². The number of rotatable bonds is 12. The van der Waals surface area contributed by atoms with Gasteiger partial charge in [-0.05, 0) is 31.4 Å². The van der Waals surface area contributed by atoms with E-state index in [-0.39, 0.29) is 29.5 Å². The number of aryl methyl sites for hydroxylation is 1. The van der Waals surface area contributed by atoms with E-state index in [9.17, 15) is 0 Å². The van der Waals surface area contributed by atoms with Crippen molar-refractivity contribution in [3.8, 4) is 5.75 Å². The third kappa shape index (κ3) is 9.62. The van der Waals surface area contributed by atoms with Gasteiger partial charge in [0.15, 0.2) is 6.29 Å². The Kier molecular flexibility index (Phi) is 13.3. The molecule has 0 saturated heterocycles. The van der Waals surface area contributed by atoms with Gasteiger partial charge < -0.3 is 20.7 Å². The Morgan fingerprint density at radius 2 is 1.67 bits per heavy atom. The largest absolute Gasteiger partial charge is 0.489 e. The number of ether oxygens (including phenoxy) is 1. The highest BCUT2D eigenvalue weighted by Gasteiger charge is 2.18. The van der Waals surface area contributed by atoms with E-state index in [1.54, 1.807) is 0 Å². The Morgan fingerprint density at radius 3 is 2.33 bits per heavy atom. The van der Waals surface area contributed by atoms with Crippen LogP contribution in [0.15, 0.2) is 24.3 Å². The van der Waals surface area contributed by atoms with Crippen molar-refractivity contribution in [2.24, 2.45) is 5.73 Å². The topological polar surface area (TPSA) is 75.7 Å². The number of aliphatic hydroxyl groups excluding tert-OH is 1. The van der Waals surface area contributed by atoms with Gasteiger partial charge >= 0.3 is 0 Å². The van der Waals surface area contributed by atoms with E-state index < -0.39 is 12.3 Å². The minimum absolute atomic E-state index is 0. The molecule has 140 valence electrons. The minimum atomic E-state index is -1.39. The molecule has 0 bridgehead atoms. The van der Waals surface area contributed by atoms with Gasteiger partial charge in [0, 0.05) is 12.5 Å². The summed E-state index contributed by atoms with van der Waals surface area (Å²) < 4.78 is 5.96. The van der Waals surface area contributed by atoms with Gasteiger partial charge in [-0.15, -0.1) is 17.0 Å². The summed E-state index contributed by atoms with van der Waals surface area (Å²) in [6.45, 7) is 4.10. The summed E-state index contributed by atoms with van der Waals surface area (Å²) in [7, 11) is 0. The maximum Gasteiger partial charge on any atom is 0.153 e. The second kappa shape index (κ2) is 13.6. The molecule has 0 aliphatic carbocycles. The van der Waals surface area contributed by atoms with Crippen LogP contribution in [0.5, 0.6) is 5.75 Å². The van der Waals surface area contributed by atoms with Gasteiger partial charge in [-0.1, -0.05) is 57.2 Å². The maximum absolute atomic E-state index is 9.02. The summed E-state index contributed by atoms with van der Waals surface area (Å²) in [6.07, 6.45) is 7.10. The molecule has 5 heteroatoms. The lowest BCUT2D eigenvalue weighted by atomic mass is 10.0. The highest BCUT2D eigenvalue weighted by atomic mass is 79.9. The number of unbranched alkanes of at least 4 members (excludes halogenated alkanes) is 5. The van der Waals surface area contributed by atoms with Gasteiger partial charge in [0.2, 0.25) is 0 Å². The highest BCUT2D eigenvalue weighted by molar-refractivity contribution is 8.93. The van der Waals surface area contributed by atoms with Gasteiger partial charge in [-0.3, -0.25) is 0 Å². The first-order valence-electron chi connectivity index (χ1n) is 8.90. The first-order valence-corrected chi connectivity index (χ1v) is 8.90. The molecular weight excluding hydrogens is 370 g/mol. The zero-order valence-corrected chi connectivity index (χ0v) is 16.7. The molecule has 1 aromatic rings. The van der Waals surface area contributed by atoms with Crippen LogP contribution in [0, 0.1) is 0 Å². The molecule has 0 heterocycles. The summed E-state index contributed by atoms with van der Waals surface area (Å²) in [5.74, 6) is 0.858. The van der Waals surface area contributed by atoms with Crippen molar-refractivity contribution in [1.29, 1.82) is 0 Å². The third-order valence-corrected chi connectivity index (χ3v) is 4.17. The van der Waals surface area contributed by atoms with Crippen molar-refractivity contribution in [3.05, 3.63) is 29.8 Å². The molecule has 24 heavy (non-hydrogen) atoms. The van der Waals surface area contributed by atoms with E-state index in [0.717, 1.165) is 12.2 Å². The molecule has 1 aromatic carbocycles. The number of nitrogens with two attached hydrogens (primary N) is 1. The van der Waals surface area contributed by atoms with Crippen molar-refractivity contribution < 1.29 is 14.9 Å². The SMILES string of the molecule is Br.CCCCCCCCc1ccccc1OC(C)C(N)CC(O)O. The molecule has 0 saturated carbocycles. The molecule has 2 unspecified atom stereocenters. The first kappa shape index (κ1) is 23.4. The Hall–Kier alpha value is -0.620. The number of hydrogen-bond acceptors (Lipinski definition) is 4. The summed E-state index contributed by atoms with van der Waals surface area (Å²) in [6, 6.07) is 7.64. The summed E-state index contributed by atoms with van der Waals surface area (Å²) >= 11 is 0. The molecular formula is C19H34BrNO3. The predicted octanol–water partition coefficient (Wildman–Crippen LogP) is 3.96. The third-order valence-electron chi connectivity index (χ3n) is 4.17. The Balaban J connectivity index is 0.00000529. The molecule has 0 amide bonds. The van der Waals surface area contributed by atoms with Crippen molar-refractivity contribution in [3.63, 3.8) is 0 Å². The van der Waals surface area contributed by atoms with Gasteiger partial charge in [0.1, 0.15) is 11.9 Å². The molecule has 0 aliphatic heterocycles. The monoisotopic (exact) mass is 403 g/mol. The Labute approximate surface area is 157 Å². The molecule has 4 N–H and O–H groups in total. The summed E-state index contributed by atoms with van der Waals surface area (Å²) in [5.41, 5.74) is 7.14. The van der Waals surface area contributed by atoms with Crippen LogP contribution in [0.1, 0.15) is 64.4 Å². The van der Waals surface area contributed by atoms with E-state index in [2.05, 4.69) is 13.0 Å². The van der Waals surface area contributed by atoms with Crippen LogP contribution in [-0.4, -0.2) is 28.6 Å². The molecule has 1 rings (SSSR count). The van der Waals surface area contributed by atoms with E-state index in [4.69, 9.17) is 20.7 Å². The zero-order chi connectivity index (χ0) is 17.1. The number of aliphatic hydroxyl groups is 2. The molecule has 2 atom stereocenters. The summed E-state index contributed by atoms with van der Waals surface area (Å²) in [5, 5.41) is 18.0. The fraction of sp³-hybridized carbons (Fsp3) is 0.684. The fourth-order valence-corrected chi connectivity index (χ4v) is 2.64. The van der Waals surface area contributed by atoms with Crippen molar-refractivity contribution in [2.75, 3.05) is 0 Å². The number of benzene rings is 1. The average Bonchev–Trinajstić information content (AvgIpc) is 2.51. The quantitative estimate of drug-likeness (QED) is 0.364. The lowest BCUT2D eigenvalue weighted by Crippen LogP contribution is -2.39. The lowest BCUT2D eigenvalue weighted by molar-refractivity contribution is -0.0554. The second-order valence-corrected chi connectivity index (χ2v) is 6.33. The van der Waals surface area contributed by atoms with Gasteiger partial charge in [-0.2, -0.15) is 0 Å². The average molecular weight is 404 g/mol. The zero-order valence-electron chi connectivity index (χ0n) is 15.0. The lowest BCUT2D eigenvalue weighted by Gasteiger charge is -2.23. The van der Waals surface area contributed by atoms with Crippen LogP contribution in [-0.2, 0) is 6.42 Å². The van der Waals surface area contributed by atoms with Gasteiger partial charge in [0.25, 0.3) is 0 Å². The van der Waals surface area contributed by atoms with Crippen molar-refractivity contribution in [2.45, 2.75) is 83.6 Å². The van der Waals surface area contributed by atoms with E-state index >= 15 is 0 Å². The Bertz CT molecular complexity index is 429. The second-order valence-electron chi connectivity index (χ2n) is 6.33. The van der Waals surface area contributed by atoms with Crippen LogP contribution >= 0.6 is 17.0 Å². The van der Waals surface area contributed by atoms with Crippen LogP contribution < -0.4 is 10.5 Å². The standard InChI is InChI=1S/C19H33NO3.BrH/c1-3-4-5-6-7-8-11-16-12-9-10-13-18(16)23-15(2)17(20)14-19(21)22;/h9-10,12-13,15,17,19,21-22H,3-8,11,14,20H2,1-2H3;1H. The minimum Gasteiger partial charge on any atom is -0.489 e. The molecule has 0 spiro atoms. The number of halogens is 1. The molecule has 0 fully saturated rings. The number of hydrogen-bond donors (Lipinski definition) is 3.